The fraction of sp³-hybridized carbons (Fsp3) is 0.750. The molecule has 0 aromatic heterocycles. The molecule has 0 saturated heterocycles. The number of rotatable bonds is 1. The molecule has 0 aromatic rings. The first kappa shape index (κ1) is 4.93. The Balaban J connectivity index is 2.54. The van der Waals surface area contributed by atoms with Gasteiger partial charge < -0.3 is 0 Å². The largest absolute Gasteiger partial charge is 0.248 e. The van der Waals surface area contributed by atoms with Crippen molar-refractivity contribution in [1.29, 1.82) is 0 Å². The van der Waals surface area contributed by atoms with Gasteiger partial charge in [0.1, 0.15) is 0 Å². The van der Waals surface area contributed by atoms with Crippen molar-refractivity contribution in [3.63, 3.8) is 0 Å². The second kappa shape index (κ2) is 2.18. The van der Waals surface area contributed by atoms with E-state index in [1.165, 1.54) is 0 Å². The number of halogens is 1. The lowest BCUT2D eigenvalue weighted by Gasteiger charge is -1.85. The monoisotopic (exact) mass is 75.1 g/mol. The van der Waals surface area contributed by atoms with E-state index in [0.29, 0.717) is 6.42 Å². The molecule has 1 atom stereocenters. The van der Waals surface area contributed by atoms with Crippen molar-refractivity contribution in [3.05, 3.63) is 6.92 Å². The summed E-state index contributed by atoms with van der Waals surface area (Å²) in [5, 5.41) is 0. The minimum atomic E-state index is -0.866. The number of alkyl halides is 1. The molecule has 0 fully saturated rings. The summed E-state index contributed by atoms with van der Waals surface area (Å²) in [4.78, 5) is 0. The van der Waals surface area contributed by atoms with E-state index < -0.39 is 6.17 Å². The van der Waals surface area contributed by atoms with Crippen LogP contribution >= 0.6 is 0 Å². The van der Waals surface area contributed by atoms with Gasteiger partial charge in [-0.25, -0.2) is 4.39 Å². The Labute approximate surface area is 32.0 Å². The highest BCUT2D eigenvalue weighted by atomic mass is 19.1. The van der Waals surface area contributed by atoms with Crippen molar-refractivity contribution in [2.75, 3.05) is 0 Å². The van der Waals surface area contributed by atoms with Gasteiger partial charge in [0.25, 0.3) is 0 Å². The lowest BCUT2D eigenvalue weighted by atomic mass is 10.4. The van der Waals surface area contributed by atoms with Gasteiger partial charge in [0.05, 0.1) is 6.17 Å². The molecule has 0 saturated carbocycles. The molecule has 5 heavy (non-hydrogen) atoms. The summed E-state index contributed by atoms with van der Waals surface area (Å²) in [6.07, 6.45) is -0.338. The first-order valence-electron chi connectivity index (χ1n) is 1.74. The van der Waals surface area contributed by atoms with E-state index in [1.807, 2.05) is 0 Å². The van der Waals surface area contributed by atoms with E-state index in [9.17, 15) is 4.39 Å². The summed E-state index contributed by atoms with van der Waals surface area (Å²) in [6.45, 7) is 4.85. The molecule has 1 radical (unpaired) electrons. The molecule has 0 unspecified atom stereocenters. The van der Waals surface area contributed by atoms with Crippen LogP contribution in [0.3, 0.4) is 0 Å². The van der Waals surface area contributed by atoms with Gasteiger partial charge in [-0.15, -0.1) is 0 Å². The number of hydrogen-bond acceptors (Lipinski definition) is 0. The van der Waals surface area contributed by atoms with Crippen molar-refractivity contribution in [2.45, 2.75) is 19.5 Å². The van der Waals surface area contributed by atoms with Crippen LogP contribution in [0.15, 0.2) is 0 Å². The predicted molar refractivity (Wildman–Crippen MR) is 20.5 cm³/mol. The third-order valence-electron chi connectivity index (χ3n) is 0.443. The highest BCUT2D eigenvalue weighted by molar-refractivity contribution is 4.50. The van der Waals surface area contributed by atoms with Crippen LogP contribution in [-0.2, 0) is 0 Å². The first-order valence-corrected chi connectivity index (χ1v) is 1.74. The van der Waals surface area contributed by atoms with Crippen molar-refractivity contribution in [1.82, 2.24) is 0 Å². The Morgan fingerprint density at radius 1 is 2.00 bits per heavy atom. The average molecular weight is 75.1 g/mol. The van der Waals surface area contributed by atoms with Gasteiger partial charge in [0, 0.05) is 0 Å². The molecule has 0 amide bonds. The fourth-order valence-electron chi connectivity index (χ4n) is 0. The van der Waals surface area contributed by atoms with Crippen molar-refractivity contribution in [2.24, 2.45) is 0 Å². The molecule has 0 aromatic carbocycles. The summed E-state index contributed by atoms with van der Waals surface area (Å²) in [6, 6.07) is 0. The van der Waals surface area contributed by atoms with E-state index in [2.05, 4.69) is 6.92 Å². The molecule has 0 aliphatic carbocycles. The van der Waals surface area contributed by atoms with Crippen LogP contribution in [-0.4, -0.2) is 6.17 Å². The zero-order valence-corrected chi connectivity index (χ0v) is 3.37. The normalized spacial score (nSPS) is 15.0. The van der Waals surface area contributed by atoms with Crippen LogP contribution in [0.5, 0.6) is 0 Å². The predicted octanol–water partition coefficient (Wildman–Crippen LogP) is 1.57. The van der Waals surface area contributed by atoms with Crippen molar-refractivity contribution >= 4 is 0 Å². The Hall–Kier alpha value is -0.0700. The molecule has 0 aliphatic heterocycles. The molecule has 0 heterocycles. The van der Waals surface area contributed by atoms with Crippen LogP contribution in [0.1, 0.15) is 13.3 Å². The molecular formula is C4H8F. The number of hydrogen-bond donors (Lipinski definition) is 0. The van der Waals surface area contributed by atoms with Crippen molar-refractivity contribution in [3.8, 4) is 0 Å². The summed E-state index contributed by atoms with van der Waals surface area (Å²) in [5.74, 6) is 0. The van der Waals surface area contributed by atoms with Gasteiger partial charge in [0.15, 0.2) is 0 Å². The van der Waals surface area contributed by atoms with Gasteiger partial charge in [-0.05, 0) is 13.3 Å². The molecule has 0 spiro atoms. The van der Waals surface area contributed by atoms with E-state index >= 15 is 0 Å². The highest BCUT2D eigenvalue weighted by Crippen LogP contribution is 1.89. The Bertz CT molecular complexity index is 17.6. The van der Waals surface area contributed by atoms with Crippen LogP contribution in [0.25, 0.3) is 0 Å². The Kier molecular flexibility index (Phi) is 2.15. The molecule has 0 rings (SSSR count). The quantitative estimate of drug-likeness (QED) is 0.443. The highest BCUT2D eigenvalue weighted by Gasteiger charge is 1.85. The van der Waals surface area contributed by atoms with E-state index in [4.69, 9.17) is 0 Å². The SMILES string of the molecule is [CH2][C@H](F)CC. The molecular weight excluding hydrogens is 67.0 g/mol. The Morgan fingerprint density at radius 3 is 2.20 bits per heavy atom. The standard InChI is InChI=1S/C4H8F/c1-3-4(2)5/h4H,2-3H2,1H3/t4-/m0/s1. The molecule has 0 nitrogen and oxygen atoms in total. The summed E-state index contributed by atoms with van der Waals surface area (Å²) >= 11 is 0. The van der Waals surface area contributed by atoms with Crippen LogP contribution in [0, 0.1) is 6.92 Å². The second-order valence-electron chi connectivity index (χ2n) is 1.01. The first-order chi connectivity index (χ1) is 2.27. The minimum Gasteiger partial charge on any atom is -0.248 e. The summed E-state index contributed by atoms with van der Waals surface area (Å²) in [7, 11) is 0. The van der Waals surface area contributed by atoms with Gasteiger partial charge in [-0.3, -0.25) is 0 Å². The fourth-order valence-corrected chi connectivity index (χ4v) is 0. The van der Waals surface area contributed by atoms with Gasteiger partial charge in [-0.2, -0.15) is 0 Å². The maximum absolute atomic E-state index is 11.3. The molecule has 0 bridgehead atoms. The maximum Gasteiger partial charge on any atom is 0.1000 e. The molecule has 1 heteroatoms. The van der Waals surface area contributed by atoms with Crippen LogP contribution in [0.2, 0.25) is 0 Å². The lowest BCUT2D eigenvalue weighted by molar-refractivity contribution is 0.387. The molecule has 0 aliphatic rings. The molecule has 0 N–H and O–H groups in total. The van der Waals surface area contributed by atoms with Crippen LogP contribution < -0.4 is 0 Å². The van der Waals surface area contributed by atoms with E-state index in [-0.39, 0.29) is 0 Å². The minimum absolute atomic E-state index is 0.528. The zero-order chi connectivity index (χ0) is 4.28. The Morgan fingerprint density at radius 2 is 2.20 bits per heavy atom. The molecule has 31 valence electrons. The lowest BCUT2D eigenvalue weighted by Crippen LogP contribution is -1.84. The topological polar surface area (TPSA) is 0 Å². The maximum atomic E-state index is 11.3. The third-order valence-corrected chi connectivity index (χ3v) is 0.443. The summed E-state index contributed by atoms with van der Waals surface area (Å²) < 4.78 is 11.3. The zero-order valence-electron chi connectivity index (χ0n) is 3.37. The van der Waals surface area contributed by atoms with Crippen molar-refractivity contribution < 1.29 is 4.39 Å². The van der Waals surface area contributed by atoms with Gasteiger partial charge in [-0.1, -0.05) is 6.92 Å². The van der Waals surface area contributed by atoms with E-state index in [0.717, 1.165) is 0 Å². The smallest absolute Gasteiger partial charge is 0.1000 e. The second-order valence-corrected chi connectivity index (χ2v) is 1.01. The van der Waals surface area contributed by atoms with Gasteiger partial charge in [0.2, 0.25) is 0 Å². The van der Waals surface area contributed by atoms with E-state index in [1.54, 1.807) is 6.92 Å². The summed E-state index contributed by atoms with van der Waals surface area (Å²) in [5.41, 5.74) is 0. The van der Waals surface area contributed by atoms with Crippen LogP contribution in [0.4, 0.5) is 4.39 Å². The average Bonchev–Trinajstić information content (AvgIpc) is 1.38. The van der Waals surface area contributed by atoms with Gasteiger partial charge >= 0.3 is 0 Å². The third kappa shape index (κ3) is 3.93.